The summed E-state index contributed by atoms with van der Waals surface area (Å²) in [5.41, 5.74) is 6.42. The van der Waals surface area contributed by atoms with Gasteiger partial charge in [-0.2, -0.15) is 4.31 Å². The number of nitrogens with one attached hydrogen (secondary N) is 1. The lowest BCUT2D eigenvalue weighted by atomic mass is 10.1. The largest absolute Gasteiger partial charge is 0.353 e. The smallest absolute Gasteiger partial charge is 0.243 e. The van der Waals surface area contributed by atoms with Crippen LogP contribution in [0.5, 0.6) is 0 Å². The highest BCUT2D eigenvalue weighted by Gasteiger charge is 2.29. The molecule has 1 amide bonds. The van der Waals surface area contributed by atoms with Gasteiger partial charge in [-0.25, -0.2) is 8.42 Å². The van der Waals surface area contributed by atoms with Crippen molar-refractivity contribution in [2.24, 2.45) is 5.73 Å². The molecule has 1 aromatic rings. The number of hydrogen-bond donors (Lipinski definition) is 2. The minimum Gasteiger partial charge on any atom is -0.353 e. The van der Waals surface area contributed by atoms with E-state index in [2.05, 4.69) is 5.32 Å². The zero-order valence-corrected chi connectivity index (χ0v) is 15.5. The van der Waals surface area contributed by atoms with Crippen LogP contribution in [0.1, 0.15) is 31.2 Å². The van der Waals surface area contributed by atoms with Gasteiger partial charge in [-0.1, -0.05) is 17.7 Å². The highest BCUT2D eigenvalue weighted by molar-refractivity contribution is 7.89. The van der Waals surface area contributed by atoms with Crippen LogP contribution in [0, 0.1) is 6.92 Å². The molecule has 6 nitrogen and oxygen atoms in total. The average molecular weight is 376 g/mol. The Balaban J connectivity index is 0.00000288. The zero-order valence-electron chi connectivity index (χ0n) is 13.9. The molecule has 0 aliphatic carbocycles. The van der Waals surface area contributed by atoms with Gasteiger partial charge in [0.2, 0.25) is 15.9 Å². The number of carbonyl (C=O) groups is 1. The van der Waals surface area contributed by atoms with Crippen molar-refractivity contribution < 1.29 is 13.2 Å². The Kier molecular flexibility index (Phi) is 8.15. The maximum Gasteiger partial charge on any atom is 0.243 e. The van der Waals surface area contributed by atoms with Crippen molar-refractivity contribution in [2.45, 2.75) is 43.5 Å². The first kappa shape index (κ1) is 20.9. The Morgan fingerprint density at radius 2 is 1.83 bits per heavy atom. The van der Waals surface area contributed by atoms with Crippen molar-refractivity contribution in [1.82, 2.24) is 9.62 Å². The van der Waals surface area contributed by atoms with Gasteiger partial charge in [0.15, 0.2) is 0 Å². The first-order valence-corrected chi connectivity index (χ1v) is 9.44. The second-order valence-electron chi connectivity index (χ2n) is 5.95. The van der Waals surface area contributed by atoms with Crippen LogP contribution in [0.3, 0.4) is 0 Å². The quantitative estimate of drug-likeness (QED) is 0.786. The molecule has 0 radical (unpaired) electrons. The van der Waals surface area contributed by atoms with Gasteiger partial charge in [0.1, 0.15) is 0 Å². The van der Waals surface area contributed by atoms with Crippen LogP contribution in [-0.2, 0) is 14.8 Å². The SMILES string of the molecule is Cc1ccc(S(=O)(=O)N2CCC(NC(=O)CCCN)CC2)cc1.Cl. The van der Waals surface area contributed by atoms with E-state index in [9.17, 15) is 13.2 Å². The number of halogens is 1. The van der Waals surface area contributed by atoms with Crippen LogP contribution in [-0.4, -0.2) is 44.3 Å². The molecule has 0 spiro atoms. The number of carbonyl (C=O) groups excluding carboxylic acids is 1. The van der Waals surface area contributed by atoms with Crippen LogP contribution >= 0.6 is 12.4 Å². The van der Waals surface area contributed by atoms with Crippen molar-refractivity contribution in [1.29, 1.82) is 0 Å². The molecule has 1 aromatic carbocycles. The van der Waals surface area contributed by atoms with Crippen LogP contribution in [0.2, 0.25) is 0 Å². The van der Waals surface area contributed by atoms with E-state index in [4.69, 9.17) is 5.73 Å². The highest BCUT2D eigenvalue weighted by atomic mass is 35.5. The Morgan fingerprint density at radius 1 is 1.25 bits per heavy atom. The summed E-state index contributed by atoms with van der Waals surface area (Å²) in [6.07, 6.45) is 2.38. The molecule has 2 rings (SSSR count). The molecule has 0 saturated carbocycles. The van der Waals surface area contributed by atoms with Crippen molar-refractivity contribution >= 4 is 28.3 Å². The molecule has 8 heteroatoms. The number of sulfonamides is 1. The van der Waals surface area contributed by atoms with E-state index in [1.807, 2.05) is 6.92 Å². The van der Waals surface area contributed by atoms with Gasteiger partial charge < -0.3 is 11.1 Å². The third kappa shape index (κ3) is 5.44. The first-order chi connectivity index (χ1) is 10.9. The van der Waals surface area contributed by atoms with Crippen LogP contribution < -0.4 is 11.1 Å². The van der Waals surface area contributed by atoms with Gasteiger partial charge >= 0.3 is 0 Å². The number of hydrogen-bond acceptors (Lipinski definition) is 4. The molecule has 1 heterocycles. The van der Waals surface area contributed by atoms with E-state index >= 15 is 0 Å². The minimum atomic E-state index is -3.44. The number of nitrogens with two attached hydrogens (primary N) is 1. The van der Waals surface area contributed by atoms with E-state index in [-0.39, 0.29) is 24.4 Å². The van der Waals surface area contributed by atoms with E-state index in [1.54, 1.807) is 24.3 Å². The van der Waals surface area contributed by atoms with Gasteiger partial charge in [0.05, 0.1) is 4.90 Å². The molecule has 1 aliphatic rings. The summed E-state index contributed by atoms with van der Waals surface area (Å²) in [6, 6.07) is 6.94. The topological polar surface area (TPSA) is 92.5 Å². The van der Waals surface area contributed by atoms with Crippen LogP contribution in [0.15, 0.2) is 29.2 Å². The summed E-state index contributed by atoms with van der Waals surface area (Å²) in [5, 5.41) is 2.96. The summed E-state index contributed by atoms with van der Waals surface area (Å²) in [4.78, 5) is 12.0. The molecule has 24 heavy (non-hydrogen) atoms. The molecule has 0 unspecified atom stereocenters. The summed E-state index contributed by atoms with van der Waals surface area (Å²) in [7, 11) is -3.44. The maximum atomic E-state index is 12.6. The zero-order chi connectivity index (χ0) is 16.9. The van der Waals surface area contributed by atoms with Gasteiger partial charge in [0.25, 0.3) is 0 Å². The summed E-state index contributed by atoms with van der Waals surface area (Å²) in [5.74, 6) is -0.00436. The summed E-state index contributed by atoms with van der Waals surface area (Å²) >= 11 is 0. The number of aryl methyl sites for hydroxylation is 1. The Hall–Kier alpha value is -1.15. The number of rotatable bonds is 6. The molecule has 1 fully saturated rings. The number of benzene rings is 1. The minimum absolute atomic E-state index is 0. The number of amides is 1. The molecule has 0 aromatic heterocycles. The second kappa shape index (κ2) is 9.36. The molecule has 0 bridgehead atoms. The third-order valence-corrected chi connectivity index (χ3v) is 6.00. The fourth-order valence-electron chi connectivity index (χ4n) is 2.66. The van der Waals surface area contributed by atoms with E-state index in [0.717, 1.165) is 5.56 Å². The fraction of sp³-hybridized carbons (Fsp3) is 0.562. The molecule has 136 valence electrons. The summed E-state index contributed by atoms with van der Waals surface area (Å²) < 4.78 is 26.7. The molecular weight excluding hydrogens is 350 g/mol. The molecule has 0 atom stereocenters. The van der Waals surface area contributed by atoms with E-state index < -0.39 is 10.0 Å². The monoisotopic (exact) mass is 375 g/mol. The summed E-state index contributed by atoms with van der Waals surface area (Å²) in [6.45, 7) is 3.28. The standard InChI is InChI=1S/C16H25N3O3S.ClH/c1-13-4-6-15(7-5-13)23(21,22)19-11-8-14(9-12-19)18-16(20)3-2-10-17;/h4-7,14H,2-3,8-12,17H2,1H3,(H,18,20);1H. The lowest BCUT2D eigenvalue weighted by Crippen LogP contribution is -2.46. The predicted molar refractivity (Wildman–Crippen MR) is 96.6 cm³/mol. The van der Waals surface area contributed by atoms with Crippen molar-refractivity contribution in [3.05, 3.63) is 29.8 Å². The van der Waals surface area contributed by atoms with Crippen molar-refractivity contribution in [3.8, 4) is 0 Å². The van der Waals surface area contributed by atoms with Crippen LogP contribution in [0.4, 0.5) is 0 Å². The van der Waals surface area contributed by atoms with Gasteiger partial charge in [-0.15, -0.1) is 12.4 Å². The normalized spacial score (nSPS) is 16.4. The third-order valence-electron chi connectivity index (χ3n) is 4.09. The van der Waals surface area contributed by atoms with Gasteiger partial charge in [-0.05, 0) is 44.9 Å². The van der Waals surface area contributed by atoms with E-state index in [1.165, 1.54) is 4.31 Å². The van der Waals surface area contributed by atoms with Crippen molar-refractivity contribution in [3.63, 3.8) is 0 Å². The van der Waals surface area contributed by atoms with E-state index in [0.29, 0.717) is 50.2 Å². The molecular formula is C16H26ClN3O3S. The Morgan fingerprint density at radius 3 is 2.38 bits per heavy atom. The highest BCUT2D eigenvalue weighted by Crippen LogP contribution is 2.21. The lowest BCUT2D eigenvalue weighted by molar-refractivity contribution is -0.122. The number of piperidine rings is 1. The predicted octanol–water partition coefficient (Wildman–Crippen LogP) is 1.43. The van der Waals surface area contributed by atoms with Gasteiger partial charge in [0, 0.05) is 25.6 Å². The molecule has 1 saturated heterocycles. The van der Waals surface area contributed by atoms with Crippen molar-refractivity contribution in [2.75, 3.05) is 19.6 Å². The maximum absolute atomic E-state index is 12.6. The Labute approximate surface area is 150 Å². The van der Waals surface area contributed by atoms with Gasteiger partial charge in [-0.3, -0.25) is 4.79 Å². The first-order valence-electron chi connectivity index (χ1n) is 7.99. The Bertz CT molecular complexity index is 626. The average Bonchev–Trinajstić information content (AvgIpc) is 2.54. The molecule has 1 aliphatic heterocycles. The fourth-order valence-corrected chi connectivity index (χ4v) is 4.13. The second-order valence-corrected chi connectivity index (χ2v) is 7.89. The molecule has 3 N–H and O–H groups in total. The van der Waals surface area contributed by atoms with Crippen LogP contribution in [0.25, 0.3) is 0 Å². The number of nitrogens with zero attached hydrogens (tertiary/aromatic N) is 1. The lowest BCUT2D eigenvalue weighted by Gasteiger charge is -2.31.